The molecule has 0 saturated heterocycles. The average Bonchev–Trinajstić information content (AvgIpc) is 3.24. The molecule has 26 heavy (non-hydrogen) atoms. The van der Waals surface area contributed by atoms with Crippen LogP contribution in [0.1, 0.15) is 0 Å². The summed E-state index contributed by atoms with van der Waals surface area (Å²) in [7, 11) is 0. The van der Waals surface area contributed by atoms with Gasteiger partial charge in [0.05, 0.1) is 22.6 Å². The number of nitro benzene ring substituents is 1. The van der Waals surface area contributed by atoms with Gasteiger partial charge in [0.2, 0.25) is 16.9 Å². The normalized spacial score (nSPS) is 10.7. The Labute approximate surface area is 149 Å². The molecule has 0 spiro atoms. The fraction of sp³-hybridized carbons (Fsp3) is 0.0714. The maximum absolute atomic E-state index is 13.7. The van der Waals surface area contributed by atoms with Crippen LogP contribution in [0, 0.1) is 15.9 Å². The number of aromatic nitrogens is 3. The topological polar surface area (TPSA) is 142 Å². The van der Waals surface area contributed by atoms with Crippen LogP contribution in [0.2, 0.25) is 0 Å². The van der Waals surface area contributed by atoms with Crippen molar-refractivity contribution in [1.82, 2.24) is 14.9 Å². The van der Waals surface area contributed by atoms with E-state index in [2.05, 4.69) is 15.5 Å². The lowest BCUT2D eigenvalue weighted by Crippen LogP contribution is -2.17. The van der Waals surface area contributed by atoms with E-state index in [1.807, 2.05) is 0 Å². The monoisotopic (exact) mass is 378 g/mol. The number of nitrogen functional groups attached to an aromatic ring is 1. The summed E-state index contributed by atoms with van der Waals surface area (Å²) >= 11 is 0.963. The molecule has 134 valence electrons. The lowest BCUT2D eigenvalue weighted by Gasteiger charge is -2.06. The number of nitro groups is 1. The number of nitrogens with one attached hydrogen (secondary N) is 1. The maximum atomic E-state index is 13.7. The third kappa shape index (κ3) is 3.64. The number of hydrogen-bond acceptors (Lipinski definition) is 8. The molecule has 0 radical (unpaired) electrons. The number of non-ortho nitro benzene ring substituents is 1. The first kappa shape index (κ1) is 17.4. The highest BCUT2D eigenvalue weighted by molar-refractivity contribution is 7.99. The van der Waals surface area contributed by atoms with Crippen LogP contribution in [0.25, 0.3) is 11.6 Å². The first-order valence-corrected chi connectivity index (χ1v) is 8.05. The number of carbonyl (C=O) groups excluding carboxylic acids is 1. The highest BCUT2D eigenvalue weighted by atomic mass is 32.2. The molecule has 0 bridgehead atoms. The minimum absolute atomic E-state index is 0.157. The van der Waals surface area contributed by atoms with Crippen molar-refractivity contribution in [2.45, 2.75) is 5.16 Å². The molecule has 1 amide bonds. The number of anilines is 1. The average molecular weight is 378 g/mol. The molecular formula is C14H11FN6O4S. The van der Waals surface area contributed by atoms with Gasteiger partial charge in [-0.05, 0) is 18.2 Å². The molecule has 1 aromatic carbocycles. The highest BCUT2D eigenvalue weighted by Crippen LogP contribution is 2.23. The third-order valence-electron chi connectivity index (χ3n) is 3.17. The SMILES string of the molecule is Nn1c(SCC(=O)Nc2cc([N+](=O)[O-])ccc2F)nnc1-c1ccco1. The van der Waals surface area contributed by atoms with Crippen molar-refractivity contribution in [3.63, 3.8) is 0 Å². The largest absolute Gasteiger partial charge is 0.461 e. The van der Waals surface area contributed by atoms with Gasteiger partial charge < -0.3 is 15.6 Å². The van der Waals surface area contributed by atoms with Crippen LogP contribution in [0.4, 0.5) is 15.8 Å². The number of furan rings is 1. The number of rotatable bonds is 6. The molecule has 2 heterocycles. The first-order chi connectivity index (χ1) is 12.5. The molecule has 3 rings (SSSR count). The zero-order valence-electron chi connectivity index (χ0n) is 13.0. The third-order valence-corrected chi connectivity index (χ3v) is 4.12. The zero-order valence-corrected chi connectivity index (χ0v) is 13.8. The van der Waals surface area contributed by atoms with Crippen molar-refractivity contribution < 1.29 is 18.5 Å². The Morgan fingerprint density at radius 1 is 1.42 bits per heavy atom. The van der Waals surface area contributed by atoms with Gasteiger partial charge in [0.25, 0.3) is 5.69 Å². The van der Waals surface area contributed by atoms with Crippen LogP contribution in [0.5, 0.6) is 0 Å². The number of benzene rings is 1. The Morgan fingerprint density at radius 2 is 2.23 bits per heavy atom. The van der Waals surface area contributed by atoms with Crippen molar-refractivity contribution in [1.29, 1.82) is 0 Å². The Hall–Kier alpha value is -3.41. The molecule has 0 saturated carbocycles. The van der Waals surface area contributed by atoms with Crippen LogP contribution in [-0.2, 0) is 4.79 Å². The van der Waals surface area contributed by atoms with Gasteiger partial charge in [0.15, 0.2) is 5.76 Å². The first-order valence-electron chi connectivity index (χ1n) is 7.06. The van der Waals surface area contributed by atoms with E-state index in [4.69, 9.17) is 10.3 Å². The zero-order chi connectivity index (χ0) is 18.7. The lowest BCUT2D eigenvalue weighted by atomic mass is 10.2. The molecule has 2 aromatic heterocycles. The summed E-state index contributed by atoms with van der Waals surface area (Å²) in [5.41, 5.74) is -0.616. The molecule has 3 N–H and O–H groups in total. The van der Waals surface area contributed by atoms with Crippen molar-refractivity contribution in [3.05, 3.63) is 52.5 Å². The Bertz CT molecular complexity index is 959. The standard InChI is InChI=1S/C14H11FN6O4S/c15-9-4-3-8(21(23)24)6-10(9)17-12(22)7-26-14-19-18-13(20(14)16)11-2-1-5-25-11/h1-6H,7,16H2,(H,17,22). The van der Waals surface area contributed by atoms with E-state index < -0.39 is 16.6 Å². The molecule has 0 atom stereocenters. The molecule has 0 aliphatic heterocycles. The summed E-state index contributed by atoms with van der Waals surface area (Å²) in [6, 6.07) is 6.18. The van der Waals surface area contributed by atoms with Crippen molar-refractivity contribution in [3.8, 4) is 11.6 Å². The van der Waals surface area contributed by atoms with E-state index in [1.54, 1.807) is 12.1 Å². The molecule has 0 unspecified atom stereocenters. The Morgan fingerprint density at radius 3 is 2.92 bits per heavy atom. The molecule has 0 aliphatic rings. The van der Waals surface area contributed by atoms with Gasteiger partial charge in [-0.1, -0.05) is 11.8 Å². The number of carbonyl (C=O) groups is 1. The van der Waals surface area contributed by atoms with E-state index in [1.165, 1.54) is 6.26 Å². The van der Waals surface area contributed by atoms with Gasteiger partial charge in [0.1, 0.15) is 5.82 Å². The number of thioether (sulfide) groups is 1. The van der Waals surface area contributed by atoms with Crippen LogP contribution in [0.15, 0.2) is 46.2 Å². The Kier molecular flexibility index (Phi) is 4.84. The van der Waals surface area contributed by atoms with Crippen molar-refractivity contribution >= 4 is 29.0 Å². The van der Waals surface area contributed by atoms with E-state index in [0.29, 0.717) is 5.76 Å². The minimum Gasteiger partial charge on any atom is -0.461 e. The van der Waals surface area contributed by atoms with E-state index in [-0.39, 0.29) is 28.1 Å². The molecule has 3 aromatic rings. The van der Waals surface area contributed by atoms with Crippen LogP contribution in [-0.4, -0.2) is 31.5 Å². The number of nitrogens with zero attached hydrogens (tertiary/aromatic N) is 4. The molecule has 0 fully saturated rings. The highest BCUT2D eigenvalue weighted by Gasteiger charge is 2.17. The summed E-state index contributed by atoms with van der Waals surface area (Å²) < 4.78 is 20.0. The quantitative estimate of drug-likeness (QED) is 0.287. The minimum atomic E-state index is -0.781. The molecule has 10 nitrogen and oxygen atoms in total. The lowest BCUT2D eigenvalue weighted by molar-refractivity contribution is -0.384. The number of halogens is 1. The van der Waals surface area contributed by atoms with E-state index >= 15 is 0 Å². The summed E-state index contributed by atoms with van der Waals surface area (Å²) in [5.74, 6) is 5.02. The molecule has 0 aliphatic carbocycles. The van der Waals surface area contributed by atoms with Crippen molar-refractivity contribution in [2.75, 3.05) is 16.9 Å². The summed E-state index contributed by atoms with van der Waals surface area (Å²) in [6.45, 7) is 0. The van der Waals surface area contributed by atoms with Crippen molar-refractivity contribution in [2.24, 2.45) is 0 Å². The summed E-state index contributed by atoms with van der Waals surface area (Å²) in [5, 5.41) is 21.0. The van der Waals surface area contributed by atoms with Crippen LogP contribution < -0.4 is 11.2 Å². The number of nitrogens with two attached hydrogens (primary N) is 1. The predicted octanol–water partition coefficient (Wildman–Crippen LogP) is 2.03. The smallest absolute Gasteiger partial charge is 0.271 e. The van der Waals surface area contributed by atoms with Crippen LogP contribution >= 0.6 is 11.8 Å². The second kappa shape index (κ2) is 7.23. The second-order valence-corrected chi connectivity index (χ2v) is 5.85. The number of amides is 1. The molecule has 12 heteroatoms. The van der Waals surface area contributed by atoms with Gasteiger partial charge in [-0.25, -0.2) is 9.07 Å². The van der Waals surface area contributed by atoms with Gasteiger partial charge in [0, 0.05) is 12.1 Å². The number of hydrogen-bond donors (Lipinski definition) is 2. The second-order valence-electron chi connectivity index (χ2n) is 4.91. The van der Waals surface area contributed by atoms with Crippen LogP contribution in [0.3, 0.4) is 0 Å². The molecular weight excluding hydrogens is 367 g/mol. The van der Waals surface area contributed by atoms with Gasteiger partial charge in [-0.2, -0.15) is 0 Å². The van der Waals surface area contributed by atoms with Gasteiger partial charge in [-0.15, -0.1) is 10.2 Å². The Balaban J connectivity index is 1.65. The maximum Gasteiger partial charge on any atom is 0.271 e. The fourth-order valence-corrected chi connectivity index (χ4v) is 2.64. The summed E-state index contributed by atoms with van der Waals surface area (Å²) in [4.78, 5) is 22.0. The van der Waals surface area contributed by atoms with E-state index in [9.17, 15) is 19.3 Å². The van der Waals surface area contributed by atoms with E-state index in [0.717, 1.165) is 34.6 Å². The summed E-state index contributed by atoms with van der Waals surface area (Å²) in [6.07, 6.45) is 1.46. The van der Waals surface area contributed by atoms with Gasteiger partial charge in [-0.3, -0.25) is 14.9 Å². The van der Waals surface area contributed by atoms with Gasteiger partial charge >= 0.3 is 0 Å². The fourth-order valence-electron chi connectivity index (χ4n) is 1.99. The predicted molar refractivity (Wildman–Crippen MR) is 90.3 cm³/mol.